The summed E-state index contributed by atoms with van der Waals surface area (Å²) >= 11 is 3.58. The molecule has 0 heterocycles. The Morgan fingerprint density at radius 2 is 2.46 bits per heavy atom. The van der Waals surface area contributed by atoms with Crippen molar-refractivity contribution in [3.05, 3.63) is 12.2 Å². The summed E-state index contributed by atoms with van der Waals surface area (Å²) < 4.78 is 0. The molecular weight excluding hydrogens is 188 g/mol. The van der Waals surface area contributed by atoms with Gasteiger partial charge < -0.3 is 4.79 Å². The summed E-state index contributed by atoms with van der Waals surface area (Å²) in [6.07, 6.45) is 4.49. The average Bonchev–Trinajstić information content (AvgIpc) is 2.47. The Morgan fingerprint density at radius 1 is 1.77 bits per heavy atom. The predicted octanol–water partition coefficient (Wildman–Crippen LogP) is 0.793. The van der Waals surface area contributed by atoms with Gasteiger partial charge in [-0.3, -0.25) is 9.59 Å². The van der Waals surface area contributed by atoms with Gasteiger partial charge in [0.1, 0.15) is 12.1 Å². The maximum atomic E-state index is 11.2. The number of ketones is 1. The van der Waals surface area contributed by atoms with Gasteiger partial charge >= 0.3 is 0 Å². The van der Waals surface area contributed by atoms with Gasteiger partial charge in [-0.15, -0.1) is 12.6 Å². The number of hydrogen-bond donors (Lipinski definition) is 1. The maximum absolute atomic E-state index is 11.2. The van der Waals surface area contributed by atoms with Crippen LogP contribution in [-0.4, -0.2) is 17.2 Å². The van der Waals surface area contributed by atoms with Crippen LogP contribution in [0.2, 0.25) is 0 Å². The van der Waals surface area contributed by atoms with Crippen molar-refractivity contribution in [1.29, 1.82) is 0 Å². The molecule has 4 heteroatoms. The third-order valence-corrected chi connectivity index (χ3v) is 2.26. The van der Waals surface area contributed by atoms with Crippen LogP contribution >= 0.6 is 12.6 Å². The molecule has 0 saturated heterocycles. The molecular formula is C9H10O3S. The van der Waals surface area contributed by atoms with Gasteiger partial charge in [-0.05, 0) is 0 Å². The topological polar surface area (TPSA) is 51.2 Å². The van der Waals surface area contributed by atoms with Crippen LogP contribution in [0.25, 0.3) is 0 Å². The Balaban J connectivity index is 2.65. The number of rotatable bonds is 4. The van der Waals surface area contributed by atoms with Crippen LogP contribution in [0.5, 0.6) is 0 Å². The van der Waals surface area contributed by atoms with Crippen LogP contribution in [0.15, 0.2) is 12.2 Å². The molecule has 0 fully saturated rings. The van der Waals surface area contributed by atoms with E-state index in [1.165, 1.54) is 0 Å². The van der Waals surface area contributed by atoms with Crippen LogP contribution in [0.4, 0.5) is 0 Å². The van der Waals surface area contributed by atoms with Gasteiger partial charge in [0.05, 0.1) is 0 Å². The molecule has 13 heavy (non-hydrogen) atoms. The van der Waals surface area contributed by atoms with E-state index in [1.807, 2.05) is 0 Å². The fourth-order valence-electron chi connectivity index (χ4n) is 1.42. The minimum Gasteiger partial charge on any atom is -0.303 e. The molecule has 0 bridgehead atoms. The molecule has 2 unspecified atom stereocenters. The third-order valence-electron chi connectivity index (χ3n) is 2.08. The molecule has 0 aromatic heterocycles. The lowest BCUT2D eigenvalue weighted by molar-refractivity contribution is -0.125. The molecule has 1 rings (SSSR count). The molecule has 0 N–H and O–H groups in total. The van der Waals surface area contributed by atoms with E-state index >= 15 is 0 Å². The number of aldehydes is 1. The lowest BCUT2D eigenvalue weighted by Gasteiger charge is -2.12. The van der Waals surface area contributed by atoms with Crippen LogP contribution in [0.3, 0.4) is 0 Å². The second-order valence-electron chi connectivity index (χ2n) is 3.02. The van der Waals surface area contributed by atoms with E-state index in [0.717, 1.165) is 0 Å². The summed E-state index contributed by atoms with van der Waals surface area (Å²) in [5, 5.41) is -0.356. The quantitative estimate of drug-likeness (QED) is 0.413. The first-order chi connectivity index (χ1) is 6.15. The Labute approximate surface area is 81.6 Å². The fraction of sp³-hybridized carbons (Fsp3) is 0.444. The molecule has 0 spiro atoms. The zero-order valence-electron chi connectivity index (χ0n) is 6.97. The standard InChI is InChI=1S/C9H10O3S/c10-5-6(4-9(12)13)7-2-1-3-8(7)11/h1-2,5-7H,3-4H2,(H,12,13). The minimum atomic E-state index is -0.531. The van der Waals surface area contributed by atoms with E-state index in [2.05, 4.69) is 12.6 Å². The van der Waals surface area contributed by atoms with Crippen molar-refractivity contribution in [2.75, 3.05) is 0 Å². The summed E-state index contributed by atoms with van der Waals surface area (Å²) in [5.74, 6) is -0.934. The molecule has 1 aliphatic carbocycles. The Morgan fingerprint density at radius 3 is 2.85 bits per heavy atom. The van der Waals surface area contributed by atoms with E-state index in [9.17, 15) is 14.4 Å². The number of hydrogen-bond acceptors (Lipinski definition) is 3. The summed E-state index contributed by atoms with van der Waals surface area (Å²) in [5.41, 5.74) is 0. The van der Waals surface area contributed by atoms with Crippen LogP contribution < -0.4 is 0 Å². The number of thiol groups is 1. The highest BCUT2D eigenvalue weighted by Gasteiger charge is 2.28. The van der Waals surface area contributed by atoms with Crippen molar-refractivity contribution >= 4 is 29.8 Å². The third kappa shape index (κ3) is 2.52. The van der Waals surface area contributed by atoms with Crippen molar-refractivity contribution in [1.82, 2.24) is 0 Å². The average molecular weight is 198 g/mol. The molecule has 0 amide bonds. The number of allylic oxidation sites excluding steroid dienone is 2. The van der Waals surface area contributed by atoms with E-state index < -0.39 is 11.8 Å². The van der Waals surface area contributed by atoms with Crippen LogP contribution in [0, 0.1) is 11.8 Å². The molecule has 0 aromatic rings. The first-order valence-corrected chi connectivity index (χ1v) is 4.46. The smallest absolute Gasteiger partial charge is 0.186 e. The fourth-order valence-corrected chi connectivity index (χ4v) is 1.63. The van der Waals surface area contributed by atoms with Gasteiger partial charge in [0, 0.05) is 24.7 Å². The molecule has 0 radical (unpaired) electrons. The summed E-state index contributed by atoms with van der Waals surface area (Å²) in [4.78, 5) is 32.4. The largest absolute Gasteiger partial charge is 0.303 e. The number of Topliss-reactive ketones (excluding diaryl/α,β-unsaturated/α-hetero) is 1. The first kappa shape index (κ1) is 10.2. The lowest BCUT2D eigenvalue weighted by atomic mass is 9.90. The predicted molar refractivity (Wildman–Crippen MR) is 50.4 cm³/mol. The molecule has 0 aromatic carbocycles. The van der Waals surface area contributed by atoms with Crippen LogP contribution in [-0.2, 0) is 14.4 Å². The van der Waals surface area contributed by atoms with Crippen LogP contribution in [0.1, 0.15) is 12.8 Å². The maximum Gasteiger partial charge on any atom is 0.186 e. The summed E-state index contributed by atoms with van der Waals surface area (Å²) in [6.45, 7) is 0. The molecule has 3 nitrogen and oxygen atoms in total. The molecule has 1 aliphatic rings. The highest BCUT2D eigenvalue weighted by molar-refractivity contribution is 7.96. The van der Waals surface area contributed by atoms with E-state index in [1.54, 1.807) is 12.2 Å². The second kappa shape index (κ2) is 4.37. The monoisotopic (exact) mass is 198 g/mol. The first-order valence-electron chi connectivity index (χ1n) is 4.01. The molecule has 2 atom stereocenters. The van der Waals surface area contributed by atoms with E-state index in [4.69, 9.17) is 0 Å². The van der Waals surface area contributed by atoms with Crippen molar-refractivity contribution in [2.24, 2.45) is 11.8 Å². The van der Waals surface area contributed by atoms with Crippen molar-refractivity contribution < 1.29 is 14.4 Å². The zero-order chi connectivity index (χ0) is 9.84. The molecule has 0 aliphatic heterocycles. The van der Waals surface area contributed by atoms with Gasteiger partial charge in [-0.1, -0.05) is 12.2 Å². The number of carbonyl (C=O) groups is 3. The van der Waals surface area contributed by atoms with E-state index in [-0.39, 0.29) is 17.3 Å². The van der Waals surface area contributed by atoms with Gasteiger partial charge in [0.25, 0.3) is 0 Å². The van der Waals surface area contributed by atoms with Gasteiger partial charge in [0.15, 0.2) is 5.12 Å². The Kier molecular flexibility index (Phi) is 3.42. The van der Waals surface area contributed by atoms with Gasteiger partial charge in [-0.2, -0.15) is 0 Å². The second-order valence-corrected chi connectivity index (χ2v) is 3.52. The Bertz CT molecular complexity index is 270. The number of carbonyl (C=O) groups excluding carboxylic acids is 3. The minimum absolute atomic E-state index is 0.00619. The highest BCUT2D eigenvalue weighted by atomic mass is 32.1. The normalized spacial score (nSPS) is 23.2. The van der Waals surface area contributed by atoms with E-state index in [0.29, 0.717) is 12.7 Å². The Hall–Kier alpha value is -0.900. The molecule has 70 valence electrons. The highest BCUT2D eigenvalue weighted by Crippen LogP contribution is 2.23. The summed E-state index contributed by atoms with van der Waals surface area (Å²) in [7, 11) is 0. The van der Waals surface area contributed by atoms with Crippen molar-refractivity contribution in [3.8, 4) is 0 Å². The SMILES string of the molecule is O=CC(CC(=O)S)C1C=CCC1=O. The molecule has 0 saturated carbocycles. The lowest BCUT2D eigenvalue weighted by Crippen LogP contribution is -2.21. The van der Waals surface area contributed by atoms with Crippen molar-refractivity contribution in [2.45, 2.75) is 12.8 Å². The van der Waals surface area contributed by atoms with Gasteiger partial charge in [-0.25, -0.2) is 0 Å². The zero-order valence-corrected chi connectivity index (χ0v) is 7.87. The summed E-state index contributed by atoms with van der Waals surface area (Å²) in [6, 6.07) is 0. The van der Waals surface area contributed by atoms with Crippen molar-refractivity contribution in [3.63, 3.8) is 0 Å². The van der Waals surface area contributed by atoms with Gasteiger partial charge in [0.2, 0.25) is 0 Å².